The predicted octanol–water partition coefficient (Wildman–Crippen LogP) is 3.31. The van der Waals surface area contributed by atoms with Crippen molar-refractivity contribution < 1.29 is 14.0 Å². The van der Waals surface area contributed by atoms with Crippen LogP contribution in [0.3, 0.4) is 0 Å². The fourth-order valence-corrected chi connectivity index (χ4v) is 5.34. The molecule has 1 aromatic carbocycles. The average Bonchev–Trinajstić information content (AvgIpc) is 3.18. The van der Waals surface area contributed by atoms with Gasteiger partial charge in [-0.2, -0.15) is 15.0 Å². The van der Waals surface area contributed by atoms with Crippen LogP contribution in [0.5, 0.6) is 0 Å². The highest BCUT2D eigenvalue weighted by atomic mass is 19.1. The number of likely N-dealkylation sites (tertiary alicyclic amines) is 1. The van der Waals surface area contributed by atoms with Crippen LogP contribution in [0.15, 0.2) is 30.6 Å². The monoisotopic (exact) mass is 489 g/mol. The van der Waals surface area contributed by atoms with Crippen molar-refractivity contribution in [3.05, 3.63) is 47.7 Å². The first-order valence-corrected chi connectivity index (χ1v) is 12.1. The predicted molar refractivity (Wildman–Crippen MR) is 129 cm³/mol. The second-order valence-electron chi connectivity index (χ2n) is 10.5. The molecule has 5 rings (SSSR count). The molecular formula is C26H28FN7O2. The summed E-state index contributed by atoms with van der Waals surface area (Å²) in [6, 6.07) is 6.60. The molecule has 2 fully saturated rings. The average molecular weight is 490 g/mol. The van der Waals surface area contributed by atoms with Crippen molar-refractivity contribution >= 4 is 22.7 Å². The Kier molecular flexibility index (Phi) is 5.74. The Morgan fingerprint density at radius 3 is 2.50 bits per heavy atom. The molecule has 0 atom stereocenters. The maximum absolute atomic E-state index is 13.8. The third-order valence-electron chi connectivity index (χ3n) is 7.54. The van der Waals surface area contributed by atoms with Gasteiger partial charge in [-0.1, -0.05) is 0 Å². The Morgan fingerprint density at radius 1 is 1.19 bits per heavy atom. The van der Waals surface area contributed by atoms with Gasteiger partial charge < -0.3 is 10.2 Å². The number of aromatic nitrogens is 4. The summed E-state index contributed by atoms with van der Waals surface area (Å²) in [6.45, 7) is 6.43. The Labute approximate surface area is 208 Å². The molecule has 1 saturated heterocycles. The number of nitrogens with one attached hydrogen (secondary N) is 1. The van der Waals surface area contributed by atoms with E-state index in [2.05, 4.69) is 26.5 Å². The van der Waals surface area contributed by atoms with Crippen molar-refractivity contribution in [3.63, 3.8) is 0 Å². The summed E-state index contributed by atoms with van der Waals surface area (Å²) >= 11 is 0. The highest BCUT2D eigenvalue weighted by Crippen LogP contribution is 2.49. The molecule has 0 unspecified atom stereocenters. The van der Waals surface area contributed by atoms with E-state index in [4.69, 9.17) is 0 Å². The van der Waals surface area contributed by atoms with E-state index in [1.54, 1.807) is 24.8 Å². The number of nitriles is 1. The summed E-state index contributed by atoms with van der Waals surface area (Å²) in [5, 5.41) is 17.5. The number of aryl methyl sites for hydroxylation is 1. The zero-order valence-electron chi connectivity index (χ0n) is 20.6. The summed E-state index contributed by atoms with van der Waals surface area (Å²) in [4.78, 5) is 35.7. The van der Waals surface area contributed by atoms with Gasteiger partial charge in [0, 0.05) is 43.0 Å². The minimum absolute atomic E-state index is 0.0654. The number of hydrogen-bond donors (Lipinski definition) is 1. The summed E-state index contributed by atoms with van der Waals surface area (Å²) in [5.41, 5.74) is 0.780. The topological polar surface area (TPSA) is 117 Å². The lowest BCUT2D eigenvalue weighted by molar-refractivity contribution is -0.141. The van der Waals surface area contributed by atoms with E-state index in [1.165, 1.54) is 29.2 Å². The fourth-order valence-electron chi connectivity index (χ4n) is 5.34. The van der Waals surface area contributed by atoms with Gasteiger partial charge in [0.25, 0.3) is 11.9 Å². The van der Waals surface area contributed by atoms with Crippen molar-refractivity contribution in [1.82, 2.24) is 30.0 Å². The number of hydrogen-bond acceptors (Lipinski definition) is 6. The molecule has 2 aliphatic rings. The van der Waals surface area contributed by atoms with Crippen LogP contribution in [0, 0.1) is 34.9 Å². The smallest absolute Gasteiger partial charge is 0.254 e. The molecule has 0 bridgehead atoms. The van der Waals surface area contributed by atoms with Gasteiger partial charge in [-0.3, -0.25) is 9.59 Å². The molecule has 2 amide bonds. The number of fused-ring (bicyclic) bond motifs is 1. The van der Waals surface area contributed by atoms with Crippen molar-refractivity contribution in [2.75, 3.05) is 13.1 Å². The standard InChI is InChI=1S/C26H28FN7O2/c1-16-20-5-4-18(27)10-21(20)34(32-16)24-29-13-17(14-30-24)22(35)31-19-11-26(12-19)6-8-33(9-7-26)23(36)25(2,3)15-28/h4-5,10,13-14,19H,6-9,11-12H2,1-3H3,(H,31,35). The lowest BCUT2D eigenvalue weighted by atomic mass is 9.60. The molecule has 1 spiro atoms. The molecule has 1 N–H and O–H groups in total. The molecule has 3 heterocycles. The number of benzene rings is 1. The number of piperidine rings is 1. The molecule has 0 radical (unpaired) electrons. The lowest BCUT2D eigenvalue weighted by Gasteiger charge is -2.52. The Hall–Kier alpha value is -3.87. The van der Waals surface area contributed by atoms with Gasteiger partial charge in [-0.15, -0.1) is 0 Å². The molecule has 10 heteroatoms. The van der Waals surface area contributed by atoms with Crippen LogP contribution in [-0.2, 0) is 4.79 Å². The van der Waals surface area contributed by atoms with Gasteiger partial charge in [0.05, 0.1) is 22.8 Å². The van der Waals surface area contributed by atoms with E-state index in [0.29, 0.717) is 24.2 Å². The quantitative estimate of drug-likeness (QED) is 0.601. The first kappa shape index (κ1) is 23.9. The van der Waals surface area contributed by atoms with Crippen molar-refractivity contribution in [2.45, 2.75) is 52.5 Å². The van der Waals surface area contributed by atoms with Gasteiger partial charge in [0.15, 0.2) is 0 Å². The van der Waals surface area contributed by atoms with Gasteiger partial charge in [0.2, 0.25) is 5.91 Å². The Bertz CT molecular complexity index is 1370. The van der Waals surface area contributed by atoms with Crippen LogP contribution < -0.4 is 5.32 Å². The number of carbonyl (C=O) groups excluding carboxylic acids is 2. The zero-order chi connectivity index (χ0) is 25.7. The number of carbonyl (C=O) groups is 2. The number of nitrogens with zero attached hydrogens (tertiary/aromatic N) is 6. The third-order valence-corrected chi connectivity index (χ3v) is 7.54. The van der Waals surface area contributed by atoms with E-state index >= 15 is 0 Å². The highest BCUT2D eigenvalue weighted by Gasteiger charge is 2.47. The van der Waals surface area contributed by atoms with Crippen molar-refractivity contribution in [3.8, 4) is 12.0 Å². The minimum Gasteiger partial charge on any atom is -0.349 e. The van der Waals surface area contributed by atoms with Gasteiger partial charge in [0.1, 0.15) is 11.2 Å². The van der Waals surface area contributed by atoms with E-state index in [9.17, 15) is 19.2 Å². The zero-order valence-corrected chi connectivity index (χ0v) is 20.6. The molecular weight excluding hydrogens is 461 g/mol. The maximum Gasteiger partial charge on any atom is 0.254 e. The molecule has 2 aromatic heterocycles. The van der Waals surface area contributed by atoms with E-state index < -0.39 is 5.41 Å². The Morgan fingerprint density at radius 2 is 1.86 bits per heavy atom. The van der Waals surface area contributed by atoms with Crippen LogP contribution >= 0.6 is 0 Å². The molecule has 1 aliphatic carbocycles. The molecule has 1 aliphatic heterocycles. The molecule has 36 heavy (non-hydrogen) atoms. The first-order chi connectivity index (χ1) is 17.1. The number of amides is 2. The van der Waals surface area contributed by atoms with Gasteiger partial charge >= 0.3 is 0 Å². The summed E-state index contributed by atoms with van der Waals surface area (Å²) < 4.78 is 15.2. The van der Waals surface area contributed by atoms with Crippen LogP contribution in [0.1, 0.15) is 55.6 Å². The normalized spacial score (nSPS) is 17.6. The summed E-state index contributed by atoms with van der Waals surface area (Å²) in [5.74, 6) is -0.465. The maximum atomic E-state index is 13.8. The SMILES string of the molecule is Cc1nn(-c2ncc(C(=O)NC3CC4(CCN(C(=O)C(C)(C)C#N)CC4)C3)cn2)c2cc(F)ccc12. The van der Waals surface area contributed by atoms with Crippen LogP contribution in [0.2, 0.25) is 0 Å². The third kappa shape index (κ3) is 4.19. The van der Waals surface area contributed by atoms with E-state index in [0.717, 1.165) is 36.8 Å². The summed E-state index contributed by atoms with van der Waals surface area (Å²) in [7, 11) is 0. The van der Waals surface area contributed by atoms with E-state index in [-0.39, 0.29) is 35.0 Å². The van der Waals surface area contributed by atoms with E-state index in [1.807, 2.05) is 6.92 Å². The number of halogens is 1. The second kappa shape index (κ2) is 8.66. The fraction of sp³-hybridized carbons (Fsp3) is 0.462. The van der Waals surface area contributed by atoms with Crippen LogP contribution in [0.25, 0.3) is 16.9 Å². The molecule has 1 saturated carbocycles. The largest absolute Gasteiger partial charge is 0.349 e. The number of rotatable bonds is 4. The minimum atomic E-state index is -1.00. The van der Waals surface area contributed by atoms with Gasteiger partial charge in [-0.25, -0.2) is 14.4 Å². The molecule has 3 aromatic rings. The first-order valence-electron chi connectivity index (χ1n) is 12.1. The van der Waals surface area contributed by atoms with Gasteiger partial charge in [-0.05, 0) is 64.0 Å². The van der Waals surface area contributed by atoms with Crippen LogP contribution in [0.4, 0.5) is 4.39 Å². The Balaban J connectivity index is 1.18. The second-order valence-corrected chi connectivity index (χ2v) is 10.5. The summed E-state index contributed by atoms with van der Waals surface area (Å²) in [6.07, 6.45) is 6.39. The van der Waals surface area contributed by atoms with Crippen molar-refractivity contribution in [1.29, 1.82) is 5.26 Å². The molecule has 9 nitrogen and oxygen atoms in total. The van der Waals surface area contributed by atoms with Crippen LogP contribution in [-0.4, -0.2) is 55.6 Å². The highest BCUT2D eigenvalue weighted by molar-refractivity contribution is 5.94. The van der Waals surface area contributed by atoms with Crippen molar-refractivity contribution in [2.24, 2.45) is 10.8 Å². The lowest BCUT2D eigenvalue weighted by Crippen LogP contribution is -2.56. The molecule has 186 valence electrons.